The second-order valence-electron chi connectivity index (χ2n) is 6.75. The molecule has 154 valence electrons. The molecule has 6 nitrogen and oxygen atoms in total. The maximum absolute atomic E-state index is 12.4. The van der Waals surface area contributed by atoms with E-state index in [1.807, 2.05) is 48.5 Å². The predicted octanol–water partition coefficient (Wildman–Crippen LogP) is 3.05. The van der Waals surface area contributed by atoms with Crippen LogP contribution in [0, 0.1) is 0 Å². The van der Waals surface area contributed by atoms with Crippen LogP contribution in [0.2, 0.25) is 5.02 Å². The van der Waals surface area contributed by atoms with Crippen molar-refractivity contribution >= 4 is 35.2 Å². The van der Waals surface area contributed by atoms with E-state index in [9.17, 15) is 9.59 Å². The van der Waals surface area contributed by atoms with Gasteiger partial charge in [-0.05, 0) is 23.8 Å². The summed E-state index contributed by atoms with van der Waals surface area (Å²) in [5, 5.41) is 9.83. The number of para-hydroxylation sites is 1. The molecule has 3 N–H and O–H groups in total. The number of halogens is 1. The molecule has 1 aliphatic rings. The van der Waals surface area contributed by atoms with Gasteiger partial charge in [0.05, 0.1) is 7.11 Å². The number of carbonyl (C=O) groups excluding carboxylic acids is 2. The lowest BCUT2D eigenvalue weighted by Crippen LogP contribution is -2.55. The molecule has 2 amide bonds. The molecular weight excluding hydrogens is 410 g/mol. The standard InChI is InChI=1S/C21H24ClN3O3S/c1-28-18-8-3-2-6-15(18)12-23-19(26)10-17-11-20(27)25-21(24-17)29-13-14-5-4-7-16(22)9-14/h2-9,17,21,24H,10-13H2,1H3,(H,23,26)(H,25,27). The summed E-state index contributed by atoms with van der Waals surface area (Å²) in [6.07, 6.45) is 0.507. The van der Waals surface area contributed by atoms with Gasteiger partial charge >= 0.3 is 0 Å². The monoisotopic (exact) mass is 433 g/mol. The average molecular weight is 434 g/mol. The van der Waals surface area contributed by atoms with E-state index in [0.29, 0.717) is 17.3 Å². The fourth-order valence-corrected chi connectivity index (χ4v) is 4.36. The molecule has 8 heteroatoms. The minimum absolute atomic E-state index is 0.0603. The Bertz CT molecular complexity index is 865. The number of rotatable bonds is 8. The van der Waals surface area contributed by atoms with Crippen molar-refractivity contribution in [2.24, 2.45) is 0 Å². The first-order valence-corrected chi connectivity index (χ1v) is 10.8. The summed E-state index contributed by atoms with van der Waals surface area (Å²) in [6.45, 7) is 0.384. The molecule has 0 spiro atoms. The summed E-state index contributed by atoms with van der Waals surface area (Å²) in [7, 11) is 1.60. The van der Waals surface area contributed by atoms with Crippen LogP contribution in [-0.4, -0.2) is 30.5 Å². The lowest BCUT2D eigenvalue weighted by Gasteiger charge is -2.31. The molecule has 0 aliphatic carbocycles. The van der Waals surface area contributed by atoms with Crippen LogP contribution in [0.4, 0.5) is 0 Å². The Labute approximate surface area is 179 Å². The number of benzene rings is 2. The smallest absolute Gasteiger partial charge is 0.223 e. The van der Waals surface area contributed by atoms with Gasteiger partial charge in [-0.3, -0.25) is 14.9 Å². The maximum Gasteiger partial charge on any atom is 0.223 e. The molecule has 2 unspecified atom stereocenters. The van der Waals surface area contributed by atoms with Crippen molar-refractivity contribution < 1.29 is 14.3 Å². The Kier molecular flexibility index (Phi) is 7.80. The second-order valence-corrected chi connectivity index (χ2v) is 8.28. The highest BCUT2D eigenvalue weighted by atomic mass is 35.5. The van der Waals surface area contributed by atoms with Crippen LogP contribution < -0.4 is 20.7 Å². The number of ether oxygens (including phenoxy) is 1. The van der Waals surface area contributed by atoms with Gasteiger partial charge in [-0.1, -0.05) is 41.9 Å². The molecule has 2 aromatic rings. The molecule has 3 rings (SSSR count). The molecule has 0 saturated carbocycles. The lowest BCUT2D eigenvalue weighted by atomic mass is 10.1. The molecule has 29 heavy (non-hydrogen) atoms. The van der Waals surface area contributed by atoms with E-state index in [2.05, 4.69) is 16.0 Å². The molecule has 1 saturated heterocycles. The van der Waals surface area contributed by atoms with Crippen LogP contribution in [0.15, 0.2) is 48.5 Å². The first-order chi connectivity index (χ1) is 14.0. The molecular formula is C21H24ClN3O3S. The Balaban J connectivity index is 1.48. The SMILES string of the molecule is COc1ccccc1CNC(=O)CC1CC(=O)NC(SCc2cccc(Cl)c2)N1. The fraction of sp³-hybridized carbons (Fsp3) is 0.333. The molecule has 0 aromatic heterocycles. The van der Waals surface area contributed by atoms with Gasteiger partial charge in [-0.25, -0.2) is 0 Å². The van der Waals surface area contributed by atoms with E-state index in [0.717, 1.165) is 16.9 Å². The number of methoxy groups -OCH3 is 1. The van der Waals surface area contributed by atoms with Crippen molar-refractivity contribution in [1.82, 2.24) is 16.0 Å². The minimum Gasteiger partial charge on any atom is -0.496 e. The van der Waals surface area contributed by atoms with Gasteiger partial charge in [0.25, 0.3) is 0 Å². The normalized spacial score (nSPS) is 18.8. The van der Waals surface area contributed by atoms with Gasteiger partial charge < -0.3 is 15.4 Å². The summed E-state index contributed by atoms with van der Waals surface area (Å²) in [5.74, 6) is 1.27. The molecule has 0 radical (unpaired) electrons. The second kappa shape index (κ2) is 10.5. The Hall–Kier alpha value is -2.22. The first-order valence-electron chi connectivity index (χ1n) is 9.33. The van der Waals surface area contributed by atoms with Crippen molar-refractivity contribution in [1.29, 1.82) is 0 Å². The number of thioether (sulfide) groups is 1. The van der Waals surface area contributed by atoms with Crippen LogP contribution in [0.3, 0.4) is 0 Å². The third-order valence-electron chi connectivity index (χ3n) is 4.52. The van der Waals surface area contributed by atoms with Crippen molar-refractivity contribution in [2.75, 3.05) is 7.11 Å². The van der Waals surface area contributed by atoms with Crippen molar-refractivity contribution in [3.05, 3.63) is 64.7 Å². The maximum atomic E-state index is 12.4. The molecule has 1 heterocycles. The third kappa shape index (κ3) is 6.66. The van der Waals surface area contributed by atoms with Crippen molar-refractivity contribution in [3.8, 4) is 5.75 Å². The average Bonchev–Trinajstić information content (AvgIpc) is 2.70. The van der Waals surface area contributed by atoms with E-state index in [4.69, 9.17) is 16.3 Å². The third-order valence-corrected chi connectivity index (χ3v) is 5.84. The van der Waals surface area contributed by atoms with Crippen LogP contribution in [0.1, 0.15) is 24.0 Å². The highest BCUT2D eigenvalue weighted by Gasteiger charge is 2.27. The zero-order valence-corrected chi connectivity index (χ0v) is 17.7. The number of nitrogens with one attached hydrogen (secondary N) is 3. The molecule has 0 bridgehead atoms. The van der Waals surface area contributed by atoms with Crippen LogP contribution >= 0.6 is 23.4 Å². The summed E-state index contributed by atoms with van der Waals surface area (Å²) >= 11 is 7.58. The van der Waals surface area contributed by atoms with Gasteiger partial charge in [0.2, 0.25) is 11.8 Å². The summed E-state index contributed by atoms with van der Waals surface area (Å²) in [4.78, 5) is 24.4. The van der Waals surface area contributed by atoms with Crippen LogP contribution in [-0.2, 0) is 21.9 Å². The fourth-order valence-electron chi connectivity index (χ4n) is 3.11. The Morgan fingerprint density at radius 1 is 1.28 bits per heavy atom. The quantitative estimate of drug-likeness (QED) is 0.596. The van der Waals surface area contributed by atoms with Gasteiger partial charge in [-0.2, -0.15) is 0 Å². The number of amides is 2. The highest BCUT2D eigenvalue weighted by Crippen LogP contribution is 2.21. The van der Waals surface area contributed by atoms with Crippen LogP contribution in [0.25, 0.3) is 0 Å². The molecule has 1 fully saturated rings. The van der Waals surface area contributed by atoms with E-state index in [-0.39, 0.29) is 36.2 Å². The Morgan fingerprint density at radius 2 is 2.10 bits per heavy atom. The van der Waals surface area contributed by atoms with Gasteiger partial charge in [0.1, 0.15) is 11.2 Å². The van der Waals surface area contributed by atoms with E-state index in [1.54, 1.807) is 18.9 Å². The highest BCUT2D eigenvalue weighted by molar-refractivity contribution is 7.99. The molecule has 1 aliphatic heterocycles. The molecule has 2 atom stereocenters. The topological polar surface area (TPSA) is 79.5 Å². The first kappa shape index (κ1) is 21.5. The van der Waals surface area contributed by atoms with Gasteiger partial charge in [0, 0.05) is 41.8 Å². The summed E-state index contributed by atoms with van der Waals surface area (Å²) in [6, 6.07) is 15.0. The zero-order chi connectivity index (χ0) is 20.6. The van der Waals surface area contributed by atoms with Gasteiger partial charge in [0.15, 0.2) is 0 Å². The minimum atomic E-state index is -0.248. The number of hydrogen-bond acceptors (Lipinski definition) is 5. The van der Waals surface area contributed by atoms with E-state index >= 15 is 0 Å². The van der Waals surface area contributed by atoms with E-state index < -0.39 is 0 Å². The Morgan fingerprint density at radius 3 is 2.90 bits per heavy atom. The van der Waals surface area contributed by atoms with E-state index in [1.165, 1.54) is 0 Å². The predicted molar refractivity (Wildman–Crippen MR) is 116 cm³/mol. The van der Waals surface area contributed by atoms with Crippen molar-refractivity contribution in [3.63, 3.8) is 0 Å². The summed E-state index contributed by atoms with van der Waals surface area (Å²) < 4.78 is 5.30. The van der Waals surface area contributed by atoms with Crippen LogP contribution in [0.5, 0.6) is 5.75 Å². The zero-order valence-electron chi connectivity index (χ0n) is 16.1. The molecule has 2 aromatic carbocycles. The number of carbonyl (C=O) groups is 2. The lowest BCUT2D eigenvalue weighted by molar-refractivity contribution is -0.125. The van der Waals surface area contributed by atoms with Crippen molar-refractivity contribution in [2.45, 2.75) is 36.7 Å². The largest absolute Gasteiger partial charge is 0.496 e. The number of hydrogen-bond donors (Lipinski definition) is 3. The summed E-state index contributed by atoms with van der Waals surface area (Å²) in [5.41, 5.74) is 1.74. The van der Waals surface area contributed by atoms with Gasteiger partial charge in [-0.15, -0.1) is 11.8 Å².